The molecule has 128 valence electrons. The Kier molecular flexibility index (Phi) is 5.64. The van der Waals surface area contributed by atoms with Gasteiger partial charge < -0.3 is 9.64 Å². The van der Waals surface area contributed by atoms with Gasteiger partial charge in [0.05, 0.1) is 5.25 Å². The topological polar surface area (TPSA) is 75.7 Å². The minimum atomic E-state index is -3.26. The monoisotopic (exact) mass is 340 g/mol. The van der Waals surface area contributed by atoms with Crippen LogP contribution in [-0.2, 0) is 14.8 Å². The van der Waals surface area contributed by atoms with Gasteiger partial charge in [-0.2, -0.15) is 0 Å². The summed E-state index contributed by atoms with van der Waals surface area (Å²) in [6, 6.07) is 7.54. The Morgan fingerprint density at radius 3 is 2.35 bits per heavy atom. The molecule has 1 fully saturated rings. The van der Waals surface area contributed by atoms with Gasteiger partial charge in [0.25, 0.3) is 5.91 Å². The highest BCUT2D eigenvalue weighted by molar-refractivity contribution is 7.90. The number of nitrogens with zero attached hydrogens (tertiary/aromatic N) is 1. The Morgan fingerprint density at radius 2 is 1.83 bits per heavy atom. The van der Waals surface area contributed by atoms with Crippen molar-refractivity contribution in [2.75, 3.05) is 20.1 Å². The maximum absolute atomic E-state index is 12.4. The summed E-state index contributed by atoms with van der Waals surface area (Å²) >= 11 is 0. The van der Waals surface area contributed by atoms with Crippen molar-refractivity contribution < 1.29 is 17.9 Å². The van der Waals surface area contributed by atoms with Crippen LogP contribution in [0.25, 0.3) is 0 Å². The first-order chi connectivity index (χ1) is 10.8. The van der Waals surface area contributed by atoms with Crippen molar-refractivity contribution in [3.63, 3.8) is 0 Å². The maximum atomic E-state index is 12.4. The number of hydrogen-bond donors (Lipinski definition) is 1. The van der Waals surface area contributed by atoms with E-state index < -0.39 is 21.4 Å². The molecule has 0 aliphatic carbocycles. The first-order valence-electron chi connectivity index (χ1n) is 7.78. The minimum Gasteiger partial charge on any atom is -0.481 e. The third-order valence-electron chi connectivity index (χ3n) is 4.16. The summed E-state index contributed by atoms with van der Waals surface area (Å²) in [7, 11) is -1.84. The number of aryl methyl sites for hydroxylation is 1. The molecular formula is C16H24N2O4S. The van der Waals surface area contributed by atoms with Crippen LogP contribution in [0.2, 0.25) is 0 Å². The van der Waals surface area contributed by atoms with Gasteiger partial charge in [0.15, 0.2) is 6.10 Å². The number of rotatable bonds is 5. The molecule has 0 aromatic heterocycles. The minimum absolute atomic E-state index is 0.106. The van der Waals surface area contributed by atoms with Crippen LogP contribution in [0.1, 0.15) is 25.3 Å². The molecule has 0 unspecified atom stereocenters. The molecule has 0 radical (unpaired) electrons. The number of carbonyl (C=O) groups excluding carboxylic acids is 1. The number of likely N-dealkylation sites (tertiary alicyclic amines) is 1. The summed E-state index contributed by atoms with van der Waals surface area (Å²) < 4.78 is 31.6. The zero-order chi connectivity index (χ0) is 17.0. The van der Waals surface area contributed by atoms with E-state index in [4.69, 9.17) is 4.74 Å². The second-order valence-corrected chi connectivity index (χ2v) is 8.01. The van der Waals surface area contributed by atoms with Gasteiger partial charge in [-0.05, 0) is 45.9 Å². The van der Waals surface area contributed by atoms with Crippen LogP contribution in [0.4, 0.5) is 0 Å². The summed E-state index contributed by atoms with van der Waals surface area (Å²) in [5, 5.41) is -0.426. The van der Waals surface area contributed by atoms with E-state index in [1.807, 2.05) is 31.2 Å². The molecule has 0 spiro atoms. The lowest BCUT2D eigenvalue weighted by molar-refractivity contribution is -0.138. The van der Waals surface area contributed by atoms with Crippen molar-refractivity contribution in [3.05, 3.63) is 29.8 Å². The highest BCUT2D eigenvalue weighted by Gasteiger charge is 2.32. The Morgan fingerprint density at radius 1 is 1.26 bits per heavy atom. The second kappa shape index (κ2) is 7.31. The van der Waals surface area contributed by atoms with Gasteiger partial charge >= 0.3 is 0 Å². The Hall–Kier alpha value is -1.60. The molecule has 2 rings (SSSR count). The van der Waals surface area contributed by atoms with Crippen LogP contribution < -0.4 is 9.46 Å². The normalized spacial score (nSPS) is 17.8. The van der Waals surface area contributed by atoms with E-state index in [0.717, 1.165) is 5.56 Å². The largest absolute Gasteiger partial charge is 0.481 e. The number of sulfonamides is 1. The summed E-state index contributed by atoms with van der Waals surface area (Å²) in [6.45, 7) is 4.58. The quantitative estimate of drug-likeness (QED) is 0.877. The number of benzene rings is 1. The van der Waals surface area contributed by atoms with Gasteiger partial charge in [-0.3, -0.25) is 4.79 Å². The third kappa shape index (κ3) is 4.45. The Bertz CT molecular complexity index is 635. The fourth-order valence-corrected chi connectivity index (χ4v) is 3.85. The van der Waals surface area contributed by atoms with Crippen LogP contribution in [0.15, 0.2) is 24.3 Å². The summed E-state index contributed by atoms with van der Waals surface area (Å²) in [5.74, 6) is 0.551. The molecule has 0 bridgehead atoms. The molecule has 1 aliphatic rings. The molecule has 6 nitrogen and oxygen atoms in total. The number of carbonyl (C=O) groups is 1. The molecule has 1 N–H and O–H groups in total. The third-order valence-corrected chi connectivity index (χ3v) is 6.08. The van der Waals surface area contributed by atoms with E-state index in [1.54, 1.807) is 11.8 Å². The Balaban J connectivity index is 1.90. The van der Waals surface area contributed by atoms with E-state index in [2.05, 4.69) is 4.72 Å². The molecule has 0 saturated carbocycles. The van der Waals surface area contributed by atoms with Gasteiger partial charge in [-0.1, -0.05) is 17.7 Å². The van der Waals surface area contributed by atoms with Crippen LogP contribution in [0, 0.1) is 6.92 Å². The highest BCUT2D eigenvalue weighted by atomic mass is 32.2. The number of hydrogen-bond acceptors (Lipinski definition) is 4. The van der Waals surface area contributed by atoms with Gasteiger partial charge in [-0.25, -0.2) is 13.1 Å². The average molecular weight is 340 g/mol. The Labute approximate surface area is 137 Å². The van der Waals surface area contributed by atoms with Crippen molar-refractivity contribution in [1.29, 1.82) is 0 Å². The molecule has 1 aliphatic heterocycles. The van der Waals surface area contributed by atoms with Crippen LogP contribution in [0.5, 0.6) is 5.75 Å². The van der Waals surface area contributed by atoms with E-state index >= 15 is 0 Å². The van der Waals surface area contributed by atoms with Crippen molar-refractivity contribution >= 4 is 15.9 Å². The first kappa shape index (κ1) is 17.7. The molecule has 1 amide bonds. The maximum Gasteiger partial charge on any atom is 0.263 e. The molecule has 1 heterocycles. The predicted octanol–water partition coefficient (Wildman–Crippen LogP) is 1.30. The summed E-state index contributed by atoms with van der Waals surface area (Å²) in [6.07, 6.45) is 0.313. The summed E-state index contributed by atoms with van der Waals surface area (Å²) in [4.78, 5) is 14.1. The van der Waals surface area contributed by atoms with Gasteiger partial charge in [0.2, 0.25) is 10.0 Å². The standard InChI is InChI=1S/C16H24N2O4S/c1-12-4-6-14(7-5-12)22-13(2)16(19)18-10-8-15(9-11-18)23(20,21)17-3/h4-7,13,15,17H,8-11H2,1-3H3/t13-/m0/s1. The lowest BCUT2D eigenvalue weighted by atomic mass is 10.1. The fraction of sp³-hybridized carbons (Fsp3) is 0.562. The van der Waals surface area contributed by atoms with Gasteiger partial charge in [0, 0.05) is 13.1 Å². The lowest BCUT2D eigenvalue weighted by Crippen LogP contribution is -2.48. The molecule has 1 atom stereocenters. The molecule has 1 aromatic rings. The lowest BCUT2D eigenvalue weighted by Gasteiger charge is -2.33. The number of nitrogens with one attached hydrogen (secondary N) is 1. The van der Waals surface area contributed by atoms with E-state index in [-0.39, 0.29) is 5.91 Å². The van der Waals surface area contributed by atoms with Crippen LogP contribution in [-0.4, -0.2) is 50.7 Å². The molecule has 1 aromatic carbocycles. The predicted molar refractivity (Wildman–Crippen MR) is 88.9 cm³/mol. The average Bonchev–Trinajstić information content (AvgIpc) is 2.56. The smallest absolute Gasteiger partial charge is 0.263 e. The van der Waals surface area contributed by atoms with Crippen molar-refractivity contribution in [2.24, 2.45) is 0 Å². The number of amides is 1. The second-order valence-electron chi connectivity index (χ2n) is 5.85. The van der Waals surface area contributed by atoms with Crippen LogP contribution in [0.3, 0.4) is 0 Å². The highest BCUT2D eigenvalue weighted by Crippen LogP contribution is 2.19. The summed E-state index contributed by atoms with van der Waals surface area (Å²) in [5.41, 5.74) is 1.13. The van der Waals surface area contributed by atoms with Crippen molar-refractivity contribution in [1.82, 2.24) is 9.62 Å². The van der Waals surface area contributed by atoms with Gasteiger partial charge in [-0.15, -0.1) is 0 Å². The van der Waals surface area contributed by atoms with E-state index in [0.29, 0.717) is 31.7 Å². The van der Waals surface area contributed by atoms with E-state index in [9.17, 15) is 13.2 Å². The number of piperidine rings is 1. The molecule has 23 heavy (non-hydrogen) atoms. The molecule has 7 heteroatoms. The van der Waals surface area contributed by atoms with Crippen molar-refractivity contribution in [2.45, 2.75) is 38.0 Å². The zero-order valence-electron chi connectivity index (χ0n) is 13.8. The van der Waals surface area contributed by atoms with Crippen LogP contribution >= 0.6 is 0 Å². The molecule has 1 saturated heterocycles. The number of ether oxygens (including phenoxy) is 1. The van der Waals surface area contributed by atoms with Crippen molar-refractivity contribution in [3.8, 4) is 5.75 Å². The van der Waals surface area contributed by atoms with E-state index in [1.165, 1.54) is 7.05 Å². The van der Waals surface area contributed by atoms with Gasteiger partial charge in [0.1, 0.15) is 5.75 Å². The molecular weight excluding hydrogens is 316 g/mol. The zero-order valence-corrected chi connectivity index (χ0v) is 14.6. The first-order valence-corrected chi connectivity index (χ1v) is 9.32. The SMILES string of the molecule is CNS(=O)(=O)C1CCN(C(=O)[C@H](C)Oc2ccc(C)cc2)CC1. The fourth-order valence-electron chi connectivity index (χ4n) is 2.68.